The number of carbonyl (C=O) groups is 1. The first-order valence-electron chi connectivity index (χ1n) is 6.28. The highest BCUT2D eigenvalue weighted by Gasteiger charge is 2.37. The summed E-state index contributed by atoms with van der Waals surface area (Å²) < 4.78 is 5.44. The Balaban J connectivity index is 2.18. The van der Waals surface area contributed by atoms with Crippen LogP contribution in [-0.4, -0.2) is 35.3 Å². The van der Waals surface area contributed by atoms with Crippen molar-refractivity contribution >= 4 is 17.3 Å². The SMILES string of the molecule is COC1(CNc2ccc([N+](=O)[O-])cc2C(=O)O)CCC1. The monoisotopic (exact) mass is 280 g/mol. The Kier molecular flexibility index (Phi) is 3.89. The maximum atomic E-state index is 11.2. The highest BCUT2D eigenvalue weighted by atomic mass is 16.6. The van der Waals surface area contributed by atoms with Crippen molar-refractivity contribution in [2.75, 3.05) is 19.0 Å². The molecule has 0 bridgehead atoms. The molecule has 0 aromatic heterocycles. The Morgan fingerprint density at radius 3 is 2.70 bits per heavy atom. The third-order valence-corrected chi connectivity index (χ3v) is 3.74. The normalized spacial score (nSPS) is 16.2. The molecule has 7 nitrogen and oxygen atoms in total. The van der Waals surface area contributed by atoms with Crippen LogP contribution in [0.1, 0.15) is 29.6 Å². The predicted octanol–water partition coefficient (Wildman–Crippen LogP) is 2.27. The van der Waals surface area contributed by atoms with Crippen LogP contribution >= 0.6 is 0 Å². The topological polar surface area (TPSA) is 102 Å². The van der Waals surface area contributed by atoms with E-state index < -0.39 is 10.9 Å². The van der Waals surface area contributed by atoms with Crippen molar-refractivity contribution < 1.29 is 19.6 Å². The highest BCUT2D eigenvalue weighted by molar-refractivity contribution is 5.95. The highest BCUT2D eigenvalue weighted by Crippen LogP contribution is 2.35. The minimum absolute atomic E-state index is 0.107. The first kappa shape index (κ1) is 14.3. The van der Waals surface area contributed by atoms with Gasteiger partial charge in [-0.2, -0.15) is 0 Å². The summed E-state index contributed by atoms with van der Waals surface area (Å²) in [6, 6.07) is 3.77. The van der Waals surface area contributed by atoms with E-state index in [1.807, 2.05) is 0 Å². The Hall–Kier alpha value is -2.15. The zero-order valence-electron chi connectivity index (χ0n) is 11.1. The zero-order chi connectivity index (χ0) is 14.8. The number of carboxylic acid groups (broad SMARTS) is 1. The number of aromatic carboxylic acids is 1. The molecule has 0 atom stereocenters. The molecule has 1 saturated carbocycles. The summed E-state index contributed by atoms with van der Waals surface area (Å²) in [5, 5.41) is 22.8. The van der Waals surface area contributed by atoms with Crippen molar-refractivity contribution in [1.82, 2.24) is 0 Å². The Bertz CT molecular complexity index is 534. The number of non-ortho nitro benzene ring substituents is 1. The van der Waals surface area contributed by atoms with Crippen molar-refractivity contribution in [1.29, 1.82) is 0 Å². The van der Waals surface area contributed by atoms with Gasteiger partial charge in [0.2, 0.25) is 0 Å². The summed E-state index contributed by atoms with van der Waals surface area (Å²) >= 11 is 0. The molecule has 0 saturated heterocycles. The number of nitro benzene ring substituents is 1. The van der Waals surface area contributed by atoms with E-state index in [0.717, 1.165) is 25.3 Å². The average molecular weight is 280 g/mol. The van der Waals surface area contributed by atoms with Crippen molar-refractivity contribution in [3.63, 3.8) is 0 Å². The molecular formula is C13H16N2O5. The van der Waals surface area contributed by atoms with Crippen molar-refractivity contribution in [2.24, 2.45) is 0 Å². The first-order chi connectivity index (χ1) is 9.47. The van der Waals surface area contributed by atoms with Gasteiger partial charge in [0.05, 0.1) is 16.1 Å². The summed E-state index contributed by atoms with van der Waals surface area (Å²) in [7, 11) is 1.63. The van der Waals surface area contributed by atoms with Crippen molar-refractivity contribution in [3.8, 4) is 0 Å². The molecule has 1 aliphatic carbocycles. The van der Waals surface area contributed by atoms with Gasteiger partial charge in [-0.1, -0.05) is 0 Å². The van der Waals surface area contributed by atoms with Gasteiger partial charge in [-0.15, -0.1) is 0 Å². The fraction of sp³-hybridized carbons (Fsp3) is 0.462. The lowest BCUT2D eigenvalue weighted by Crippen LogP contribution is -2.45. The molecule has 0 unspecified atom stereocenters. The molecule has 7 heteroatoms. The molecule has 1 aromatic carbocycles. The lowest BCUT2D eigenvalue weighted by atomic mass is 9.80. The Labute approximate surface area is 115 Å². The number of nitro groups is 1. The number of ether oxygens (including phenoxy) is 1. The fourth-order valence-corrected chi connectivity index (χ4v) is 2.26. The van der Waals surface area contributed by atoms with Crippen LogP contribution < -0.4 is 5.32 Å². The van der Waals surface area contributed by atoms with Gasteiger partial charge < -0.3 is 15.2 Å². The quantitative estimate of drug-likeness (QED) is 0.612. The second-order valence-corrected chi connectivity index (χ2v) is 4.89. The first-order valence-corrected chi connectivity index (χ1v) is 6.28. The maximum Gasteiger partial charge on any atom is 0.338 e. The van der Waals surface area contributed by atoms with E-state index in [9.17, 15) is 14.9 Å². The summed E-state index contributed by atoms with van der Waals surface area (Å²) in [4.78, 5) is 21.2. The van der Waals surface area contributed by atoms with Crippen molar-refractivity contribution in [2.45, 2.75) is 24.9 Å². The van der Waals surface area contributed by atoms with Crippen LogP contribution in [-0.2, 0) is 4.74 Å². The molecule has 0 heterocycles. The molecule has 108 valence electrons. The Morgan fingerprint density at radius 2 is 2.25 bits per heavy atom. The largest absolute Gasteiger partial charge is 0.478 e. The number of hydrogen-bond donors (Lipinski definition) is 2. The number of methoxy groups -OCH3 is 1. The lowest BCUT2D eigenvalue weighted by Gasteiger charge is -2.40. The summed E-state index contributed by atoms with van der Waals surface area (Å²) in [6.07, 6.45) is 2.93. The molecule has 1 fully saturated rings. The van der Waals surface area contributed by atoms with E-state index in [-0.39, 0.29) is 16.9 Å². The van der Waals surface area contributed by atoms with Gasteiger partial charge >= 0.3 is 5.97 Å². The van der Waals surface area contributed by atoms with Gasteiger partial charge in [0, 0.05) is 31.5 Å². The van der Waals surface area contributed by atoms with Crippen LogP contribution in [0.4, 0.5) is 11.4 Å². The standard InChI is InChI=1S/C13H16N2O5/c1-20-13(5-2-6-13)8-14-11-4-3-9(15(18)19)7-10(11)12(16)17/h3-4,7,14H,2,5-6,8H2,1H3,(H,16,17). The van der Waals surface area contributed by atoms with E-state index in [1.54, 1.807) is 7.11 Å². The molecule has 2 rings (SSSR count). The van der Waals surface area contributed by atoms with Gasteiger partial charge in [0.15, 0.2) is 0 Å². The van der Waals surface area contributed by atoms with Crippen LogP contribution in [0.5, 0.6) is 0 Å². The predicted molar refractivity (Wildman–Crippen MR) is 72.1 cm³/mol. The second-order valence-electron chi connectivity index (χ2n) is 4.89. The fourth-order valence-electron chi connectivity index (χ4n) is 2.26. The van der Waals surface area contributed by atoms with Crippen LogP contribution in [0.3, 0.4) is 0 Å². The number of benzene rings is 1. The number of nitrogens with zero attached hydrogens (tertiary/aromatic N) is 1. The molecule has 1 aromatic rings. The molecule has 0 spiro atoms. The smallest absolute Gasteiger partial charge is 0.338 e. The van der Waals surface area contributed by atoms with Crippen LogP contribution in [0.25, 0.3) is 0 Å². The summed E-state index contributed by atoms with van der Waals surface area (Å²) in [6.45, 7) is 0.488. The van der Waals surface area contributed by atoms with Gasteiger partial charge in [0.1, 0.15) is 0 Å². The molecule has 20 heavy (non-hydrogen) atoms. The third kappa shape index (κ3) is 2.72. The molecular weight excluding hydrogens is 264 g/mol. The van der Waals surface area contributed by atoms with E-state index in [0.29, 0.717) is 12.2 Å². The number of carboxylic acids is 1. The summed E-state index contributed by atoms with van der Waals surface area (Å²) in [5.41, 5.74) is -0.230. The second kappa shape index (κ2) is 5.46. The van der Waals surface area contributed by atoms with Crippen molar-refractivity contribution in [3.05, 3.63) is 33.9 Å². The third-order valence-electron chi connectivity index (χ3n) is 3.74. The van der Waals surface area contributed by atoms with E-state index in [4.69, 9.17) is 9.84 Å². The molecule has 0 radical (unpaired) electrons. The zero-order valence-corrected chi connectivity index (χ0v) is 11.1. The maximum absolute atomic E-state index is 11.2. The van der Waals surface area contributed by atoms with Crippen LogP contribution in [0.15, 0.2) is 18.2 Å². The summed E-state index contributed by atoms with van der Waals surface area (Å²) in [5.74, 6) is -1.20. The molecule has 0 aliphatic heterocycles. The number of hydrogen-bond acceptors (Lipinski definition) is 5. The number of nitrogens with one attached hydrogen (secondary N) is 1. The van der Waals surface area contributed by atoms with Crippen LogP contribution in [0, 0.1) is 10.1 Å². The Morgan fingerprint density at radius 1 is 1.55 bits per heavy atom. The van der Waals surface area contributed by atoms with Crippen LogP contribution in [0.2, 0.25) is 0 Å². The van der Waals surface area contributed by atoms with Gasteiger partial charge in [-0.05, 0) is 25.3 Å². The van der Waals surface area contributed by atoms with E-state index >= 15 is 0 Å². The molecule has 0 amide bonds. The number of rotatable bonds is 6. The van der Waals surface area contributed by atoms with Gasteiger partial charge in [0.25, 0.3) is 5.69 Å². The van der Waals surface area contributed by atoms with E-state index in [1.165, 1.54) is 12.1 Å². The molecule has 1 aliphatic rings. The van der Waals surface area contributed by atoms with Gasteiger partial charge in [-0.25, -0.2) is 4.79 Å². The van der Waals surface area contributed by atoms with Gasteiger partial charge in [-0.3, -0.25) is 10.1 Å². The molecule has 2 N–H and O–H groups in total. The minimum Gasteiger partial charge on any atom is -0.478 e. The lowest BCUT2D eigenvalue weighted by molar-refractivity contribution is -0.384. The minimum atomic E-state index is -1.20. The van der Waals surface area contributed by atoms with E-state index in [2.05, 4.69) is 5.32 Å². The average Bonchev–Trinajstić information content (AvgIpc) is 2.37. The number of anilines is 1.